The molecule has 0 heterocycles. The van der Waals surface area contributed by atoms with Gasteiger partial charge in [0.05, 0.1) is 12.6 Å². The zero-order chi connectivity index (χ0) is 9.26. The Hall–Kier alpha value is -0.860. The van der Waals surface area contributed by atoms with Crippen molar-refractivity contribution in [2.75, 3.05) is 6.61 Å². The third kappa shape index (κ3) is 1.74. The van der Waals surface area contributed by atoms with Gasteiger partial charge in [0.25, 0.3) is 0 Å². The fourth-order valence-electron chi connectivity index (χ4n) is 1.71. The first kappa shape index (κ1) is 8.73. The summed E-state index contributed by atoms with van der Waals surface area (Å²) in [5, 5.41) is 8.99. The second-order valence-corrected chi connectivity index (χ2v) is 3.69. The van der Waals surface area contributed by atoms with E-state index < -0.39 is 0 Å². The zero-order valence-corrected chi connectivity index (χ0v) is 7.61. The van der Waals surface area contributed by atoms with Gasteiger partial charge < -0.3 is 10.8 Å². The van der Waals surface area contributed by atoms with E-state index in [2.05, 4.69) is 6.07 Å². The fourth-order valence-corrected chi connectivity index (χ4v) is 1.71. The molecular formula is C11H15NO. The van der Waals surface area contributed by atoms with Gasteiger partial charge in [0.1, 0.15) is 0 Å². The highest BCUT2D eigenvalue weighted by molar-refractivity contribution is 5.35. The molecule has 1 saturated carbocycles. The van der Waals surface area contributed by atoms with Crippen LogP contribution in [0.5, 0.6) is 0 Å². The van der Waals surface area contributed by atoms with E-state index in [4.69, 9.17) is 10.8 Å². The number of hydrogen-bond donors (Lipinski definition) is 2. The Labute approximate surface area is 78.4 Å². The molecule has 2 nitrogen and oxygen atoms in total. The van der Waals surface area contributed by atoms with Gasteiger partial charge in [-0.1, -0.05) is 24.3 Å². The minimum Gasteiger partial charge on any atom is -0.394 e. The molecule has 1 aliphatic carbocycles. The third-order valence-corrected chi connectivity index (χ3v) is 2.61. The predicted molar refractivity (Wildman–Crippen MR) is 52.4 cm³/mol. The van der Waals surface area contributed by atoms with Crippen molar-refractivity contribution in [2.24, 2.45) is 5.73 Å². The lowest BCUT2D eigenvalue weighted by Crippen LogP contribution is -2.16. The molecule has 13 heavy (non-hydrogen) atoms. The SMILES string of the molecule is NC(CO)c1ccccc1C1CC1. The largest absolute Gasteiger partial charge is 0.394 e. The summed E-state index contributed by atoms with van der Waals surface area (Å²) in [6.07, 6.45) is 2.55. The Morgan fingerprint density at radius 3 is 2.69 bits per heavy atom. The monoisotopic (exact) mass is 177 g/mol. The van der Waals surface area contributed by atoms with Crippen molar-refractivity contribution in [3.8, 4) is 0 Å². The summed E-state index contributed by atoms with van der Waals surface area (Å²) in [7, 11) is 0. The number of rotatable bonds is 3. The van der Waals surface area contributed by atoms with Crippen LogP contribution in [0.4, 0.5) is 0 Å². The fraction of sp³-hybridized carbons (Fsp3) is 0.455. The molecule has 1 atom stereocenters. The first-order chi connectivity index (χ1) is 6.33. The second kappa shape index (κ2) is 3.48. The van der Waals surface area contributed by atoms with Crippen molar-refractivity contribution in [2.45, 2.75) is 24.8 Å². The quantitative estimate of drug-likeness (QED) is 0.736. The lowest BCUT2D eigenvalue weighted by molar-refractivity contribution is 0.267. The van der Waals surface area contributed by atoms with Crippen LogP contribution >= 0.6 is 0 Å². The zero-order valence-electron chi connectivity index (χ0n) is 7.61. The molecule has 0 amide bonds. The van der Waals surface area contributed by atoms with Crippen LogP contribution in [-0.2, 0) is 0 Å². The molecule has 1 unspecified atom stereocenters. The summed E-state index contributed by atoms with van der Waals surface area (Å²) in [6.45, 7) is 0.0315. The molecule has 1 aromatic carbocycles. The van der Waals surface area contributed by atoms with E-state index in [0.29, 0.717) is 5.92 Å². The highest BCUT2D eigenvalue weighted by Crippen LogP contribution is 2.42. The van der Waals surface area contributed by atoms with Gasteiger partial charge in [-0.15, -0.1) is 0 Å². The van der Waals surface area contributed by atoms with Crippen LogP contribution in [0.2, 0.25) is 0 Å². The van der Waals surface area contributed by atoms with Gasteiger partial charge >= 0.3 is 0 Å². The van der Waals surface area contributed by atoms with Gasteiger partial charge in [-0.3, -0.25) is 0 Å². The Balaban J connectivity index is 2.31. The van der Waals surface area contributed by atoms with E-state index in [1.807, 2.05) is 18.2 Å². The highest BCUT2D eigenvalue weighted by atomic mass is 16.3. The number of aliphatic hydroxyl groups is 1. The van der Waals surface area contributed by atoms with Crippen LogP contribution in [-0.4, -0.2) is 11.7 Å². The van der Waals surface area contributed by atoms with Crippen LogP contribution in [0, 0.1) is 0 Å². The van der Waals surface area contributed by atoms with Gasteiger partial charge in [0.2, 0.25) is 0 Å². The highest BCUT2D eigenvalue weighted by Gasteiger charge is 2.26. The summed E-state index contributed by atoms with van der Waals surface area (Å²) in [5.41, 5.74) is 8.27. The van der Waals surface area contributed by atoms with Gasteiger partial charge in [-0.2, -0.15) is 0 Å². The van der Waals surface area contributed by atoms with E-state index in [0.717, 1.165) is 5.56 Å². The molecule has 0 saturated heterocycles. The Morgan fingerprint density at radius 1 is 1.38 bits per heavy atom. The van der Waals surface area contributed by atoms with Crippen LogP contribution < -0.4 is 5.73 Å². The summed E-state index contributed by atoms with van der Waals surface area (Å²) in [6, 6.07) is 7.96. The molecule has 0 aromatic heterocycles. The van der Waals surface area contributed by atoms with Crippen LogP contribution in [0.3, 0.4) is 0 Å². The molecule has 2 heteroatoms. The maximum absolute atomic E-state index is 8.99. The number of aliphatic hydroxyl groups excluding tert-OH is 1. The molecule has 0 aliphatic heterocycles. The van der Waals surface area contributed by atoms with Crippen LogP contribution in [0.1, 0.15) is 35.9 Å². The summed E-state index contributed by atoms with van der Waals surface area (Å²) < 4.78 is 0. The molecule has 3 N–H and O–H groups in total. The maximum atomic E-state index is 8.99. The van der Waals surface area contributed by atoms with E-state index in [1.165, 1.54) is 18.4 Å². The molecule has 70 valence electrons. The second-order valence-electron chi connectivity index (χ2n) is 3.69. The molecule has 1 aliphatic rings. The van der Waals surface area contributed by atoms with Crippen molar-refractivity contribution < 1.29 is 5.11 Å². The van der Waals surface area contributed by atoms with Crippen molar-refractivity contribution in [1.29, 1.82) is 0 Å². The minimum absolute atomic E-state index is 0.0315. The van der Waals surface area contributed by atoms with Crippen molar-refractivity contribution >= 4 is 0 Å². The van der Waals surface area contributed by atoms with E-state index in [-0.39, 0.29) is 12.6 Å². The number of nitrogens with two attached hydrogens (primary N) is 1. The van der Waals surface area contributed by atoms with E-state index in [1.54, 1.807) is 0 Å². The molecule has 1 aromatic rings. The molecule has 0 bridgehead atoms. The van der Waals surface area contributed by atoms with E-state index >= 15 is 0 Å². The van der Waals surface area contributed by atoms with Gasteiger partial charge in [-0.25, -0.2) is 0 Å². The van der Waals surface area contributed by atoms with Gasteiger partial charge in [0.15, 0.2) is 0 Å². The third-order valence-electron chi connectivity index (χ3n) is 2.61. The summed E-state index contributed by atoms with van der Waals surface area (Å²) >= 11 is 0. The Morgan fingerprint density at radius 2 is 2.08 bits per heavy atom. The smallest absolute Gasteiger partial charge is 0.0624 e. The van der Waals surface area contributed by atoms with Crippen molar-refractivity contribution in [3.05, 3.63) is 35.4 Å². The molecular weight excluding hydrogens is 162 g/mol. The summed E-state index contributed by atoms with van der Waals surface area (Å²) in [5.74, 6) is 0.703. The van der Waals surface area contributed by atoms with Crippen molar-refractivity contribution in [3.63, 3.8) is 0 Å². The van der Waals surface area contributed by atoms with Crippen LogP contribution in [0.25, 0.3) is 0 Å². The van der Waals surface area contributed by atoms with Gasteiger partial charge in [0, 0.05) is 0 Å². The molecule has 0 spiro atoms. The lowest BCUT2D eigenvalue weighted by Gasteiger charge is -2.13. The maximum Gasteiger partial charge on any atom is 0.0624 e. The molecule has 0 radical (unpaired) electrons. The molecule has 1 fully saturated rings. The first-order valence-corrected chi connectivity index (χ1v) is 4.78. The number of hydrogen-bond acceptors (Lipinski definition) is 2. The van der Waals surface area contributed by atoms with E-state index in [9.17, 15) is 0 Å². The average molecular weight is 177 g/mol. The average Bonchev–Trinajstić information content (AvgIpc) is 3.00. The standard InChI is InChI=1S/C11H15NO/c12-11(7-13)10-4-2-1-3-9(10)8-5-6-8/h1-4,8,11,13H,5-7,12H2. The summed E-state index contributed by atoms with van der Waals surface area (Å²) in [4.78, 5) is 0. The number of benzene rings is 1. The predicted octanol–water partition coefficient (Wildman–Crippen LogP) is 1.56. The Bertz CT molecular complexity index is 294. The first-order valence-electron chi connectivity index (χ1n) is 4.78. The minimum atomic E-state index is -0.211. The van der Waals surface area contributed by atoms with Crippen LogP contribution in [0.15, 0.2) is 24.3 Å². The molecule has 2 rings (SSSR count). The topological polar surface area (TPSA) is 46.2 Å². The lowest BCUT2D eigenvalue weighted by atomic mass is 9.98. The van der Waals surface area contributed by atoms with Crippen molar-refractivity contribution in [1.82, 2.24) is 0 Å². The van der Waals surface area contributed by atoms with Gasteiger partial charge in [-0.05, 0) is 29.9 Å². The Kier molecular flexibility index (Phi) is 2.34. The normalized spacial score (nSPS) is 18.6.